The zero-order valence-corrected chi connectivity index (χ0v) is 21.5. The molecule has 152 valence electrons. The van der Waals surface area contributed by atoms with E-state index in [1.807, 2.05) is 6.07 Å². The largest absolute Gasteiger partial charge is 0.404 e. The van der Waals surface area contributed by atoms with Crippen LogP contribution in [-0.4, -0.2) is 18.3 Å². The SMILES string of the molecule is CC(C)[Si](OC1(/C=C/CCc2ccccc2Br)CC1(Cl)Cl)(C(C)C)C(C)C. The molecule has 0 radical (unpaired) electrons. The molecule has 0 aromatic heterocycles. The van der Waals surface area contributed by atoms with E-state index in [4.69, 9.17) is 27.6 Å². The van der Waals surface area contributed by atoms with Crippen molar-refractivity contribution in [2.45, 2.75) is 87.4 Å². The maximum Gasteiger partial charge on any atom is 0.201 e. The Hall–Kier alpha value is 0.197. The molecule has 1 unspecified atom stereocenters. The van der Waals surface area contributed by atoms with Crippen LogP contribution in [0.15, 0.2) is 40.9 Å². The summed E-state index contributed by atoms with van der Waals surface area (Å²) < 4.78 is 7.34. The molecule has 1 fully saturated rings. The zero-order chi connectivity index (χ0) is 20.5. The number of rotatable bonds is 9. The summed E-state index contributed by atoms with van der Waals surface area (Å²) in [5.41, 5.74) is 2.30. The van der Waals surface area contributed by atoms with E-state index < -0.39 is 18.3 Å². The van der Waals surface area contributed by atoms with Gasteiger partial charge in [0.15, 0.2) is 4.33 Å². The Morgan fingerprint density at radius 3 is 2.04 bits per heavy atom. The Morgan fingerprint density at radius 1 is 1.07 bits per heavy atom. The average molecular weight is 492 g/mol. The number of alkyl halides is 2. The first-order valence-corrected chi connectivity index (χ1v) is 13.7. The molecule has 1 aliphatic carbocycles. The van der Waals surface area contributed by atoms with Gasteiger partial charge in [-0.2, -0.15) is 0 Å². The Morgan fingerprint density at radius 2 is 1.59 bits per heavy atom. The molecular weight excluding hydrogens is 459 g/mol. The summed E-state index contributed by atoms with van der Waals surface area (Å²) in [7, 11) is -2.05. The topological polar surface area (TPSA) is 9.23 Å². The number of halogens is 3. The predicted molar refractivity (Wildman–Crippen MR) is 126 cm³/mol. The van der Waals surface area contributed by atoms with Gasteiger partial charge in [0, 0.05) is 10.9 Å². The summed E-state index contributed by atoms with van der Waals surface area (Å²) in [5, 5.41) is 0. The molecule has 0 N–H and O–H groups in total. The van der Waals surface area contributed by atoms with Gasteiger partial charge in [-0.3, -0.25) is 0 Å². The molecule has 1 aliphatic rings. The third kappa shape index (κ3) is 4.86. The second kappa shape index (κ2) is 8.91. The average Bonchev–Trinajstić information content (AvgIpc) is 3.10. The molecule has 5 heteroatoms. The van der Waals surface area contributed by atoms with Crippen LogP contribution in [0.2, 0.25) is 16.6 Å². The molecule has 2 rings (SSSR count). The number of aryl methyl sites for hydroxylation is 1. The lowest BCUT2D eigenvalue weighted by Gasteiger charge is -2.44. The second-order valence-corrected chi connectivity index (χ2v) is 16.4. The summed E-state index contributed by atoms with van der Waals surface area (Å²) >= 11 is 16.8. The Balaban J connectivity index is 2.17. The van der Waals surface area contributed by atoms with Gasteiger partial charge in [0.2, 0.25) is 8.32 Å². The maximum atomic E-state index is 6.99. The van der Waals surface area contributed by atoms with E-state index in [9.17, 15) is 0 Å². The van der Waals surface area contributed by atoms with Crippen molar-refractivity contribution in [3.63, 3.8) is 0 Å². The van der Waals surface area contributed by atoms with Crippen molar-refractivity contribution in [2.24, 2.45) is 0 Å². The van der Waals surface area contributed by atoms with Gasteiger partial charge < -0.3 is 4.43 Å². The van der Waals surface area contributed by atoms with E-state index in [1.54, 1.807) is 0 Å². The van der Waals surface area contributed by atoms with Crippen LogP contribution >= 0.6 is 39.1 Å². The van der Waals surface area contributed by atoms with Crippen molar-refractivity contribution in [1.82, 2.24) is 0 Å². The number of allylic oxidation sites excluding steroid dienone is 1. The molecular formula is C22H33BrCl2OSi. The molecule has 0 heterocycles. The monoisotopic (exact) mass is 490 g/mol. The predicted octanol–water partition coefficient (Wildman–Crippen LogP) is 8.45. The van der Waals surface area contributed by atoms with Gasteiger partial charge in [-0.05, 0) is 41.1 Å². The number of hydrogen-bond acceptors (Lipinski definition) is 1. The minimum absolute atomic E-state index is 0.507. The highest BCUT2D eigenvalue weighted by molar-refractivity contribution is 9.10. The third-order valence-electron chi connectivity index (χ3n) is 5.97. The highest BCUT2D eigenvalue weighted by Gasteiger charge is 2.69. The molecule has 1 saturated carbocycles. The van der Waals surface area contributed by atoms with Crippen LogP contribution in [0.5, 0.6) is 0 Å². The van der Waals surface area contributed by atoms with E-state index in [2.05, 4.69) is 87.8 Å². The molecule has 0 spiro atoms. The van der Waals surface area contributed by atoms with Crippen LogP contribution < -0.4 is 0 Å². The van der Waals surface area contributed by atoms with Crippen molar-refractivity contribution in [1.29, 1.82) is 0 Å². The fourth-order valence-electron chi connectivity index (χ4n) is 4.49. The maximum absolute atomic E-state index is 6.99. The molecule has 1 aromatic carbocycles. The summed E-state index contributed by atoms with van der Waals surface area (Å²) in [4.78, 5) is 0. The van der Waals surface area contributed by atoms with Gasteiger partial charge in [-0.25, -0.2) is 0 Å². The molecule has 0 aliphatic heterocycles. The van der Waals surface area contributed by atoms with Crippen molar-refractivity contribution in [3.05, 3.63) is 46.5 Å². The van der Waals surface area contributed by atoms with Crippen molar-refractivity contribution in [3.8, 4) is 0 Å². The van der Waals surface area contributed by atoms with Crippen LogP contribution in [0.4, 0.5) is 0 Å². The zero-order valence-electron chi connectivity index (χ0n) is 17.4. The van der Waals surface area contributed by atoms with Gasteiger partial charge in [-0.1, -0.05) is 111 Å². The van der Waals surface area contributed by atoms with Crippen LogP contribution in [0.3, 0.4) is 0 Å². The van der Waals surface area contributed by atoms with E-state index in [1.165, 1.54) is 5.56 Å². The quantitative estimate of drug-likeness (QED) is 0.191. The van der Waals surface area contributed by atoms with Gasteiger partial charge in [0.05, 0.1) is 0 Å². The van der Waals surface area contributed by atoms with Crippen molar-refractivity contribution in [2.75, 3.05) is 0 Å². The molecule has 0 bridgehead atoms. The lowest BCUT2D eigenvalue weighted by Crippen LogP contribution is -2.51. The first kappa shape index (κ1) is 23.5. The standard InChI is InChI=1S/C22H33BrCl2OSi/c1-16(2)27(17(3)4,18(5)6)26-21(15-22(21,24)25)14-10-9-12-19-11-7-8-13-20(19)23/h7-8,10-11,13-14,16-18H,9,12,15H2,1-6H3/b14-10+. The Bertz CT molecular complexity index is 650. The van der Waals surface area contributed by atoms with Gasteiger partial charge in [-0.15, -0.1) is 0 Å². The normalized spacial score (nSPS) is 22.4. The van der Waals surface area contributed by atoms with E-state index in [-0.39, 0.29) is 0 Å². The van der Waals surface area contributed by atoms with Crippen molar-refractivity contribution < 1.29 is 4.43 Å². The summed E-state index contributed by atoms with van der Waals surface area (Å²) in [6.07, 6.45) is 6.95. The van der Waals surface area contributed by atoms with Gasteiger partial charge in [0.1, 0.15) is 5.60 Å². The van der Waals surface area contributed by atoms with Crippen LogP contribution in [0.1, 0.15) is 59.9 Å². The van der Waals surface area contributed by atoms with E-state index >= 15 is 0 Å². The molecule has 0 saturated heterocycles. The summed E-state index contributed by atoms with van der Waals surface area (Å²) in [5.74, 6) is 0. The van der Waals surface area contributed by atoms with E-state index in [0.29, 0.717) is 23.0 Å². The smallest absolute Gasteiger partial charge is 0.201 e. The molecule has 1 aromatic rings. The first-order valence-electron chi connectivity index (χ1n) is 9.97. The second-order valence-electron chi connectivity index (χ2n) is 8.72. The first-order chi connectivity index (χ1) is 12.5. The van der Waals surface area contributed by atoms with Crippen LogP contribution in [-0.2, 0) is 10.8 Å². The van der Waals surface area contributed by atoms with E-state index in [0.717, 1.165) is 17.3 Å². The van der Waals surface area contributed by atoms with Crippen LogP contribution in [0.25, 0.3) is 0 Å². The number of hydrogen-bond donors (Lipinski definition) is 0. The third-order valence-corrected chi connectivity index (χ3v) is 13.8. The fourth-order valence-corrected chi connectivity index (χ4v) is 11.4. The highest BCUT2D eigenvalue weighted by Crippen LogP contribution is 2.63. The number of benzene rings is 1. The minimum Gasteiger partial charge on any atom is -0.404 e. The highest BCUT2D eigenvalue weighted by atomic mass is 79.9. The van der Waals surface area contributed by atoms with Gasteiger partial charge in [0.25, 0.3) is 0 Å². The molecule has 1 nitrogen and oxygen atoms in total. The minimum atomic E-state index is -2.05. The fraction of sp³-hybridized carbons (Fsp3) is 0.636. The lowest BCUT2D eigenvalue weighted by molar-refractivity contribution is 0.194. The van der Waals surface area contributed by atoms with Gasteiger partial charge >= 0.3 is 0 Å². The summed E-state index contributed by atoms with van der Waals surface area (Å²) in [6, 6.07) is 8.36. The lowest BCUT2D eigenvalue weighted by atomic mass is 10.1. The molecule has 27 heavy (non-hydrogen) atoms. The summed E-state index contributed by atoms with van der Waals surface area (Å²) in [6.45, 7) is 13.8. The van der Waals surface area contributed by atoms with Crippen LogP contribution in [0, 0.1) is 0 Å². The Labute approximate surface area is 185 Å². The molecule has 0 amide bonds. The van der Waals surface area contributed by atoms with Crippen molar-refractivity contribution >= 4 is 47.4 Å². The Kier molecular flexibility index (Phi) is 7.75. The molecule has 1 atom stereocenters.